The predicted molar refractivity (Wildman–Crippen MR) is 153 cm³/mol. The zero-order chi connectivity index (χ0) is 23.0. The quantitative estimate of drug-likeness (QED) is 0.169. The largest absolute Gasteiger partial charge is 0.0622 e. The van der Waals surface area contributed by atoms with Gasteiger partial charge in [-0.2, -0.15) is 0 Å². The van der Waals surface area contributed by atoms with Gasteiger partial charge in [0.1, 0.15) is 0 Å². The molecule has 0 aromatic heterocycles. The molecular formula is C32H26P2. The number of benzene rings is 5. The van der Waals surface area contributed by atoms with Crippen LogP contribution in [0.15, 0.2) is 152 Å². The highest BCUT2D eigenvalue weighted by atomic mass is 31.1. The molecule has 0 N–H and O–H groups in total. The number of rotatable bonds is 7. The molecule has 5 aromatic rings. The Morgan fingerprint density at radius 2 is 0.794 bits per heavy atom. The second-order valence-electron chi connectivity index (χ2n) is 7.95. The summed E-state index contributed by atoms with van der Waals surface area (Å²) in [5.41, 5.74) is 2.59. The standard InChI is InChI=1S/C32H26P2/c1-6-16-26(17-7-1)31(33-28-20-10-3-11-21-28)32(27-18-8-2-9-19-27)34(29-22-12-4-13-23-29)30-24-14-5-15-25-30/h1-25,33H/b32-31-. The van der Waals surface area contributed by atoms with Crippen LogP contribution < -0.4 is 15.9 Å². The molecule has 0 radical (unpaired) electrons. The van der Waals surface area contributed by atoms with Crippen molar-refractivity contribution in [3.05, 3.63) is 163 Å². The molecule has 1 unspecified atom stereocenters. The second-order valence-corrected chi connectivity index (χ2v) is 11.4. The SMILES string of the molecule is c1ccc(P/C(=C(/c2ccccc2)P(c2ccccc2)c2ccccc2)c2ccccc2)cc1. The van der Waals surface area contributed by atoms with E-state index in [1.807, 2.05) is 0 Å². The Balaban J connectivity index is 1.83. The van der Waals surface area contributed by atoms with Crippen LogP contribution in [0, 0.1) is 0 Å². The van der Waals surface area contributed by atoms with Crippen molar-refractivity contribution < 1.29 is 0 Å². The Labute approximate surface area is 205 Å². The van der Waals surface area contributed by atoms with E-state index in [0.29, 0.717) is 8.58 Å². The van der Waals surface area contributed by atoms with Crippen molar-refractivity contribution in [2.45, 2.75) is 0 Å². The van der Waals surface area contributed by atoms with Gasteiger partial charge < -0.3 is 0 Å². The molecule has 0 spiro atoms. The molecular weight excluding hydrogens is 446 g/mol. The van der Waals surface area contributed by atoms with Crippen molar-refractivity contribution >= 4 is 43.0 Å². The maximum atomic E-state index is 2.29. The van der Waals surface area contributed by atoms with Crippen molar-refractivity contribution in [3.8, 4) is 0 Å². The monoisotopic (exact) mass is 472 g/mol. The smallest absolute Gasteiger partial charge is 0.000504 e. The first-order valence-corrected chi connectivity index (χ1v) is 13.8. The fourth-order valence-electron chi connectivity index (χ4n) is 4.08. The van der Waals surface area contributed by atoms with Crippen molar-refractivity contribution in [1.29, 1.82) is 0 Å². The average Bonchev–Trinajstić information content (AvgIpc) is 2.93. The first-order chi connectivity index (χ1) is 16.9. The van der Waals surface area contributed by atoms with Crippen molar-refractivity contribution in [3.63, 3.8) is 0 Å². The fourth-order valence-corrected chi connectivity index (χ4v) is 8.32. The van der Waals surface area contributed by atoms with E-state index in [1.54, 1.807) is 0 Å². The first-order valence-electron chi connectivity index (χ1n) is 11.5. The van der Waals surface area contributed by atoms with Crippen LogP contribution in [0.3, 0.4) is 0 Å². The molecule has 0 aliphatic carbocycles. The molecule has 0 saturated carbocycles. The van der Waals surface area contributed by atoms with Gasteiger partial charge in [0, 0.05) is 5.31 Å². The highest BCUT2D eigenvalue weighted by Crippen LogP contribution is 2.56. The summed E-state index contributed by atoms with van der Waals surface area (Å²) in [7, 11) is -0.206. The molecule has 34 heavy (non-hydrogen) atoms. The third-order valence-electron chi connectivity index (χ3n) is 5.64. The maximum Gasteiger partial charge on any atom is 0.000504 e. The Morgan fingerprint density at radius 1 is 0.412 bits per heavy atom. The normalized spacial score (nSPS) is 12.1. The highest BCUT2D eigenvalue weighted by molar-refractivity contribution is 7.83. The first kappa shape index (κ1) is 22.5. The Hall–Kier alpha value is -3.30. The van der Waals surface area contributed by atoms with E-state index in [1.165, 1.54) is 37.7 Å². The lowest BCUT2D eigenvalue weighted by Gasteiger charge is -2.27. The summed E-state index contributed by atoms with van der Waals surface area (Å²) < 4.78 is 0. The van der Waals surface area contributed by atoms with Gasteiger partial charge in [0.2, 0.25) is 0 Å². The van der Waals surface area contributed by atoms with Crippen molar-refractivity contribution in [2.75, 3.05) is 0 Å². The van der Waals surface area contributed by atoms with E-state index in [2.05, 4.69) is 152 Å². The highest BCUT2D eigenvalue weighted by Gasteiger charge is 2.24. The molecule has 0 saturated heterocycles. The van der Waals surface area contributed by atoms with Crippen LogP contribution in [-0.4, -0.2) is 0 Å². The van der Waals surface area contributed by atoms with E-state index in [4.69, 9.17) is 0 Å². The molecule has 5 aromatic carbocycles. The molecule has 0 bridgehead atoms. The van der Waals surface area contributed by atoms with E-state index in [-0.39, 0.29) is 0 Å². The lowest BCUT2D eigenvalue weighted by Crippen LogP contribution is -2.13. The van der Waals surface area contributed by atoms with Crippen LogP contribution in [0.2, 0.25) is 0 Å². The number of hydrogen-bond donors (Lipinski definition) is 0. The van der Waals surface area contributed by atoms with Crippen LogP contribution >= 0.6 is 16.5 Å². The summed E-state index contributed by atoms with van der Waals surface area (Å²) in [5.74, 6) is 0. The summed E-state index contributed by atoms with van der Waals surface area (Å²) in [4.78, 5) is 0. The van der Waals surface area contributed by atoms with E-state index in [0.717, 1.165) is 0 Å². The molecule has 0 fully saturated rings. The van der Waals surface area contributed by atoms with Gasteiger partial charge in [-0.1, -0.05) is 160 Å². The lowest BCUT2D eigenvalue weighted by molar-refractivity contribution is 1.63. The summed E-state index contributed by atoms with van der Waals surface area (Å²) in [6, 6.07) is 54.8. The summed E-state index contributed by atoms with van der Waals surface area (Å²) in [6.45, 7) is 0. The van der Waals surface area contributed by atoms with Gasteiger partial charge in [0.25, 0.3) is 0 Å². The van der Waals surface area contributed by atoms with E-state index >= 15 is 0 Å². The third kappa shape index (κ3) is 5.26. The predicted octanol–water partition coefficient (Wildman–Crippen LogP) is 7.65. The van der Waals surface area contributed by atoms with Gasteiger partial charge >= 0.3 is 0 Å². The van der Waals surface area contributed by atoms with E-state index in [9.17, 15) is 0 Å². The van der Waals surface area contributed by atoms with Gasteiger partial charge in [-0.25, -0.2) is 0 Å². The van der Waals surface area contributed by atoms with Gasteiger partial charge in [0.05, 0.1) is 0 Å². The Bertz CT molecular complexity index is 1290. The Kier molecular flexibility index (Phi) is 7.42. The topological polar surface area (TPSA) is 0 Å². The van der Waals surface area contributed by atoms with Crippen molar-refractivity contribution in [2.24, 2.45) is 0 Å². The molecule has 5 rings (SSSR count). The molecule has 0 amide bonds. The Morgan fingerprint density at radius 3 is 1.26 bits per heavy atom. The lowest BCUT2D eigenvalue weighted by atomic mass is 10.1. The molecule has 2 heteroatoms. The molecule has 0 nitrogen and oxygen atoms in total. The van der Waals surface area contributed by atoms with Crippen LogP contribution in [0.4, 0.5) is 0 Å². The summed E-state index contributed by atoms with van der Waals surface area (Å²) >= 11 is 0. The number of hydrogen-bond acceptors (Lipinski definition) is 0. The minimum atomic E-state index is -0.763. The molecule has 0 aliphatic rings. The summed E-state index contributed by atoms with van der Waals surface area (Å²) in [5, 5.41) is 6.94. The zero-order valence-corrected chi connectivity index (χ0v) is 20.8. The molecule has 164 valence electrons. The minimum absolute atomic E-state index is 0.557. The van der Waals surface area contributed by atoms with Crippen LogP contribution in [0.1, 0.15) is 11.1 Å². The summed E-state index contributed by atoms with van der Waals surface area (Å²) in [6.07, 6.45) is 0. The third-order valence-corrected chi connectivity index (χ3v) is 9.82. The second kappa shape index (κ2) is 11.2. The van der Waals surface area contributed by atoms with E-state index < -0.39 is 7.92 Å². The van der Waals surface area contributed by atoms with Crippen LogP contribution in [0.25, 0.3) is 10.6 Å². The zero-order valence-electron chi connectivity index (χ0n) is 18.9. The van der Waals surface area contributed by atoms with Gasteiger partial charge in [0.15, 0.2) is 0 Å². The van der Waals surface area contributed by atoms with Crippen molar-refractivity contribution in [1.82, 2.24) is 0 Å². The van der Waals surface area contributed by atoms with Crippen LogP contribution in [-0.2, 0) is 0 Å². The molecule has 0 heterocycles. The van der Waals surface area contributed by atoms with Crippen LogP contribution in [0.5, 0.6) is 0 Å². The maximum absolute atomic E-state index is 2.29. The molecule has 1 atom stereocenters. The average molecular weight is 473 g/mol. The fraction of sp³-hybridized carbons (Fsp3) is 0. The van der Waals surface area contributed by atoms with Gasteiger partial charge in [-0.05, 0) is 40.3 Å². The minimum Gasteiger partial charge on any atom is -0.0622 e. The van der Waals surface area contributed by atoms with Gasteiger partial charge in [-0.15, -0.1) is 0 Å². The molecule has 0 aliphatic heterocycles. The van der Waals surface area contributed by atoms with Gasteiger partial charge in [-0.3, -0.25) is 0 Å².